The SMILES string of the molecule is COc1ccc(C2(C(=O)Oc3cc(C)cc4c3Oc3ccc([C@@H](O)CC(C)C)c(OC)c3C(=O)OC4)CCCC2)cc1. The summed E-state index contributed by atoms with van der Waals surface area (Å²) in [4.78, 5) is 27.3. The molecule has 1 aliphatic carbocycles. The van der Waals surface area contributed by atoms with Gasteiger partial charge in [0.15, 0.2) is 11.5 Å². The van der Waals surface area contributed by atoms with Gasteiger partial charge in [-0.3, -0.25) is 4.79 Å². The highest BCUT2D eigenvalue weighted by molar-refractivity contribution is 5.97. The van der Waals surface area contributed by atoms with E-state index in [4.69, 9.17) is 23.7 Å². The Morgan fingerprint density at radius 3 is 2.38 bits per heavy atom. The highest BCUT2D eigenvalue weighted by Gasteiger charge is 2.45. The predicted octanol–water partition coefficient (Wildman–Crippen LogP) is 6.97. The maximum absolute atomic E-state index is 14.0. The molecule has 1 saturated carbocycles. The van der Waals surface area contributed by atoms with Gasteiger partial charge in [0.1, 0.15) is 29.4 Å². The van der Waals surface area contributed by atoms with E-state index in [1.54, 1.807) is 25.3 Å². The van der Waals surface area contributed by atoms with Gasteiger partial charge in [-0.15, -0.1) is 0 Å². The molecule has 3 aromatic carbocycles. The van der Waals surface area contributed by atoms with Gasteiger partial charge in [0, 0.05) is 11.1 Å². The number of aliphatic hydroxyl groups excluding tert-OH is 1. The summed E-state index contributed by atoms with van der Waals surface area (Å²) in [5, 5.41) is 10.9. The summed E-state index contributed by atoms with van der Waals surface area (Å²) < 4.78 is 29.2. The smallest absolute Gasteiger partial charge is 0.346 e. The molecule has 1 aliphatic heterocycles. The molecule has 222 valence electrons. The molecule has 1 N–H and O–H groups in total. The number of aryl methyl sites for hydroxylation is 1. The van der Waals surface area contributed by atoms with Crippen molar-refractivity contribution in [2.24, 2.45) is 5.92 Å². The number of carbonyl (C=O) groups excluding carboxylic acids is 2. The van der Waals surface area contributed by atoms with Crippen molar-refractivity contribution in [2.45, 2.75) is 71.0 Å². The number of cyclic esters (lactones) is 1. The molecule has 42 heavy (non-hydrogen) atoms. The van der Waals surface area contributed by atoms with Crippen molar-refractivity contribution in [3.05, 3.63) is 76.3 Å². The van der Waals surface area contributed by atoms with Crippen LogP contribution in [0.15, 0.2) is 48.5 Å². The molecule has 0 saturated heterocycles. The lowest BCUT2D eigenvalue weighted by Crippen LogP contribution is -2.36. The monoisotopic (exact) mass is 574 g/mol. The minimum Gasteiger partial charge on any atom is -0.497 e. The Morgan fingerprint density at radius 1 is 1.02 bits per heavy atom. The van der Waals surface area contributed by atoms with Crippen LogP contribution in [0.2, 0.25) is 0 Å². The quantitative estimate of drug-likeness (QED) is 0.227. The Balaban J connectivity index is 1.54. The summed E-state index contributed by atoms with van der Waals surface area (Å²) in [5.74, 6) is 0.890. The third kappa shape index (κ3) is 5.55. The molecule has 8 heteroatoms. The topological polar surface area (TPSA) is 101 Å². The summed E-state index contributed by atoms with van der Waals surface area (Å²) in [6, 6.07) is 14.5. The van der Waals surface area contributed by atoms with E-state index in [9.17, 15) is 14.7 Å². The first-order chi connectivity index (χ1) is 20.2. The second kappa shape index (κ2) is 12.1. The predicted molar refractivity (Wildman–Crippen MR) is 157 cm³/mol. The van der Waals surface area contributed by atoms with Gasteiger partial charge in [-0.25, -0.2) is 4.79 Å². The molecular weight excluding hydrogens is 536 g/mol. The lowest BCUT2D eigenvalue weighted by Gasteiger charge is -2.28. The van der Waals surface area contributed by atoms with Gasteiger partial charge < -0.3 is 28.8 Å². The largest absolute Gasteiger partial charge is 0.497 e. The average molecular weight is 575 g/mol. The number of hydrogen-bond acceptors (Lipinski definition) is 8. The van der Waals surface area contributed by atoms with Crippen LogP contribution in [-0.2, 0) is 21.6 Å². The van der Waals surface area contributed by atoms with Crippen LogP contribution in [0.5, 0.6) is 28.7 Å². The number of carbonyl (C=O) groups is 2. The van der Waals surface area contributed by atoms with E-state index >= 15 is 0 Å². The summed E-state index contributed by atoms with van der Waals surface area (Å²) in [6.07, 6.45) is 2.83. The standard InChI is InChI=1S/C34H38O8/c1-20(2)16-26(35)25-12-13-27-29(31(25)39-5)32(36)40-19-22-17-21(3)18-28(30(22)41-27)42-33(37)34(14-6-7-15-34)23-8-10-24(38-4)11-9-23/h8-13,17-18,20,26,35H,6-7,14-16,19H2,1-5H3/t26-/m0/s1. The average Bonchev–Trinajstić information content (AvgIpc) is 3.47. The fourth-order valence-electron chi connectivity index (χ4n) is 6.05. The number of methoxy groups -OCH3 is 2. The highest BCUT2D eigenvalue weighted by atomic mass is 16.6. The summed E-state index contributed by atoms with van der Waals surface area (Å²) in [6.45, 7) is 5.80. The van der Waals surface area contributed by atoms with Crippen LogP contribution in [-0.4, -0.2) is 31.3 Å². The molecule has 0 aromatic heterocycles. The number of esters is 2. The zero-order chi connectivity index (χ0) is 30.0. The van der Waals surface area contributed by atoms with E-state index in [0.717, 1.165) is 29.7 Å². The van der Waals surface area contributed by atoms with Crippen molar-refractivity contribution in [3.63, 3.8) is 0 Å². The third-order valence-corrected chi connectivity index (χ3v) is 8.15. The van der Waals surface area contributed by atoms with Crippen LogP contribution < -0.4 is 18.9 Å². The Labute approximate surface area is 246 Å². The molecule has 1 heterocycles. The Bertz CT molecular complexity index is 1470. The number of hydrogen-bond donors (Lipinski definition) is 1. The first kappa shape index (κ1) is 29.5. The first-order valence-electron chi connectivity index (χ1n) is 14.4. The molecule has 0 radical (unpaired) electrons. The van der Waals surface area contributed by atoms with Gasteiger partial charge in [0.2, 0.25) is 0 Å². The zero-order valence-electron chi connectivity index (χ0n) is 24.8. The van der Waals surface area contributed by atoms with Gasteiger partial charge in [0.05, 0.1) is 25.7 Å². The number of benzene rings is 3. The van der Waals surface area contributed by atoms with Crippen molar-refractivity contribution >= 4 is 11.9 Å². The van der Waals surface area contributed by atoms with Gasteiger partial charge in [-0.1, -0.05) is 38.8 Å². The van der Waals surface area contributed by atoms with Gasteiger partial charge in [-0.05, 0) is 79.6 Å². The van der Waals surface area contributed by atoms with Crippen molar-refractivity contribution in [1.82, 2.24) is 0 Å². The summed E-state index contributed by atoms with van der Waals surface area (Å²) >= 11 is 0. The molecule has 0 amide bonds. The van der Waals surface area contributed by atoms with Gasteiger partial charge in [-0.2, -0.15) is 0 Å². The molecule has 1 atom stereocenters. The summed E-state index contributed by atoms with van der Waals surface area (Å²) in [7, 11) is 3.05. The molecular formula is C34H38O8. The van der Waals surface area contributed by atoms with Crippen molar-refractivity contribution in [3.8, 4) is 28.7 Å². The minimum atomic E-state index is -0.838. The Kier molecular flexibility index (Phi) is 8.45. The van der Waals surface area contributed by atoms with Gasteiger partial charge >= 0.3 is 11.9 Å². The van der Waals surface area contributed by atoms with Crippen LogP contribution in [0.1, 0.15) is 84.7 Å². The van der Waals surface area contributed by atoms with Crippen LogP contribution in [0, 0.1) is 12.8 Å². The van der Waals surface area contributed by atoms with E-state index in [1.807, 2.05) is 51.1 Å². The molecule has 0 bridgehead atoms. The van der Waals surface area contributed by atoms with E-state index in [-0.39, 0.29) is 41.3 Å². The normalized spacial score (nSPS) is 16.3. The Morgan fingerprint density at radius 2 is 1.74 bits per heavy atom. The van der Waals surface area contributed by atoms with Gasteiger partial charge in [0.25, 0.3) is 0 Å². The lowest BCUT2D eigenvalue weighted by atomic mass is 9.79. The molecule has 0 spiro atoms. The third-order valence-electron chi connectivity index (χ3n) is 8.15. The van der Waals surface area contributed by atoms with E-state index in [2.05, 4.69) is 0 Å². The second-order valence-corrected chi connectivity index (χ2v) is 11.5. The second-order valence-electron chi connectivity index (χ2n) is 11.5. The fourth-order valence-corrected chi connectivity index (χ4v) is 6.05. The summed E-state index contributed by atoms with van der Waals surface area (Å²) in [5.41, 5.74) is 2.05. The maximum atomic E-state index is 14.0. The van der Waals surface area contributed by atoms with E-state index in [1.165, 1.54) is 7.11 Å². The molecule has 1 fully saturated rings. The number of ether oxygens (including phenoxy) is 5. The number of rotatable bonds is 8. The van der Waals surface area contributed by atoms with E-state index in [0.29, 0.717) is 36.1 Å². The van der Waals surface area contributed by atoms with Crippen molar-refractivity contribution in [2.75, 3.05) is 14.2 Å². The molecule has 2 aliphatic rings. The fraction of sp³-hybridized carbons (Fsp3) is 0.412. The van der Waals surface area contributed by atoms with Crippen LogP contribution in [0.3, 0.4) is 0 Å². The van der Waals surface area contributed by atoms with Crippen LogP contribution >= 0.6 is 0 Å². The van der Waals surface area contributed by atoms with Crippen LogP contribution in [0.25, 0.3) is 0 Å². The lowest BCUT2D eigenvalue weighted by molar-refractivity contribution is -0.141. The Hall–Kier alpha value is -4.04. The zero-order valence-corrected chi connectivity index (χ0v) is 24.8. The number of aliphatic hydroxyl groups is 1. The maximum Gasteiger partial charge on any atom is 0.346 e. The molecule has 0 unspecified atom stereocenters. The minimum absolute atomic E-state index is 0.0757. The molecule has 8 nitrogen and oxygen atoms in total. The van der Waals surface area contributed by atoms with Crippen LogP contribution in [0.4, 0.5) is 0 Å². The highest BCUT2D eigenvalue weighted by Crippen LogP contribution is 2.47. The molecule has 3 aromatic rings. The van der Waals surface area contributed by atoms with Crippen molar-refractivity contribution in [1.29, 1.82) is 0 Å². The number of fused-ring (bicyclic) bond motifs is 2. The molecule has 5 rings (SSSR count). The first-order valence-corrected chi connectivity index (χ1v) is 14.4. The van der Waals surface area contributed by atoms with Crippen molar-refractivity contribution < 1.29 is 38.4 Å². The van der Waals surface area contributed by atoms with E-state index < -0.39 is 17.5 Å².